The molecule has 1 aromatic rings. The Morgan fingerprint density at radius 2 is 1.83 bits per heavy atom. The molecular weight excluding hydrogens is 479 g/mol. The van der Waals surface area contributed by atoms with Crippen LogP contribution in [0, 0.1) is 5.92 Å². The third-order valence-corrected chi connectivity index (χ3v) is 5.08. The highest BCUT2D eigenvalue weighted by atomic mass is 127. The number of amides is 1. The molecule has 0 radical (unpaired) electrons. The minimum absolute atomic E-state index is 0. The Balaban J connectivity index is 0.00000420. The summed E-state index contributed by atoms with van der Waals surface area (Å²) in [5.74, 6) is 0.899. The van der Waals surface area contributed by atoms with Gasteiger partial charge in [0.1, 0.15) is 0 Å². The number of rotatable bonds is 9. The van der Waals surface area contributed by atoms with E-state index in [1.165, 1.54) is 12.8 Å². The molecule has 0 saturated carbocycles. The van der Waals surface area contributed by atoms with Crippen molar-refractivity contribution in [2.24, 2.45) is 16.6 Å². The standard InChI is InChI=1S/C22H36N4O2.HI/c1-17(2)8-7-9-18(3)25-22(23)24-16-20(19-10-5-4-6-11-19)21(27)26-12-14-28-15-13-26;/h4-6,10-11,17-18,20H,7-9,12-16H2,1-3H3,(H3,23,24,25);1H. The first-order valence-corrected chi connectivity index (χ1v) is 10.4. The molecule has 29 heavy (non-hydrogen) atoms. The van der Waals surface area contributed by atoms with E-state index in [-0.39, 0.29) is 41.8 Å². The average molecular weight is 516 g/mol. The van der Waals surface area contributed by atoms with Crippen LogP contribution in [0.25, 0.3) is 0 Å². The number of ether oxygens (including phenoxy) is 1. The van der Waals surface area contributed by atoms with Gasteiger partial charge in [-0.3, -0.25) is 9.79 Å². The van der Waals surface area contributed by atoms with E-state index < -0.39 is 0 Å². The Bertz CT molecular complexity index is 618. The fraction of sp³-hybridized carbons (Fsp3) is 0.636. The van der Waals surface area contributed by atoms with Crippen LogP contribution in [0.3, 0.4) is 0 Å². The van der Waals surface area contributed by atoms with Gasteiger partial charge in [-0.1, -0.05) is 57.0 Å². The summed E-state index contributed by atoms with van der Waals surface area (Å²) in [6.07, 6.45) is 3.44. The second-order valence-corrected chi connectivity index (χ2v) is 8.00. The topological polar surface area (TPSA) is 79.9 Å². The van der Waals surface area contributed by atoms with Crippen LogP contribution < -0.4 is 11.1 Å². The fourth-order valence-corrected chi connectivity index (χ4v) is 3.41. The van der Waals surface area contributed by atoms with Crippen LogP contribution in [-0.2, 0) is 9.53 Å². The second-order valence-electron chi connectivity index (χ2n) is 8.00. The van der Waals surface area contributed by atoms with Crippen molar-refractivity contribution < 1.29 is 9.53 Å². The van der Waals surface area contributed by atoms with Gasteiger partial charge in [0.05, 0.1) is 25.7 Å². The highest BCUT2D eigenvalue weighted by Gasteiger charge is 2.27. The smallest absolute Gasteiger partial charge is 0.232 e. The van der Waals surface area contributed by atoms with Crippen molar-refractivity contribution in [2.75, 3.05) is 32.8 Å². The predicted octanol–water partition coefficient (Wildman–Crippen LogP) is 3.37. The van der Waals surface area contributed by atoms with E-state index in [1.807, 2.05) is 35.2 Å². The van der Waals surface area contributed by atoms with E-state index in [0.717, 1.165) is 17.9 Å². The third kappa shape index (κ3) is 9.33. The first-order chi connectivity index (χ1) is 13.5. The molecule has 1 heterocycles. The van der Waals surface area contributed by atoms with Gasteiger partial charge in [0.15, 0.2) is 5.96 Å². The van der Waals surface area contributed by atoms with Gasteiger partial charge < -0.3 is 20.7 Å². The van der Waals surface area contributed by atoms with E-state index in [4.69, 9.17) is 10.5 Å². The summed E-state index contributed by atoms with van der Waals surface area (Å²) in [7, 11) is 0. The molecule has 0 aliphatic carbocycles. The van der Waals surface area contributed by atoms with Crippen LogP contribution in [0.5, 0.6) is 0 Å². The number of nitrogens with zero attached hydrogens (tertiary/aromatic N) is 2. The van der Waals surface area contributed by atoms with Crippen LogP contribution in [-0.4, -0.2) is 55.7 Å². The molecule has 1 aromatic carbocycles. The molecule has 1 aliphatic rings. The molecule has 0 aromatic heterocycles. The summed E-state index contributed by atoms with van der Waals surface area (Å²) in [5, 5.41) is 3.26. The molecule has 1 saturated heterocycles. The van der Waals surface area contributed by atoms with Crippen LogP contribution in [0.4, 0.5) is 0 Å². The van der Waals surface area contributed by atoms with Gasteiger partial charge >= 0.3 is 0 Å². The normalized spacial score (nSPS) is 16.8. The molecule has 0 spiro atoms. The lowest BCUT2D eigenvalue weighted by molar-refractivity contribution is -0.136. The number of carbonyl (C=O) groups is 1. The number of hydrogen-bond acceptors (Lipinski definition) is 3. The predicted molar refractivity (Wildman–Crippen MR) is 130 cm³/mol. The number of hydrogen-bond donors (Lipinski definition) is 2. The van der Waals surface area contributed by atoms with Crippen LogP contribution in [0.15, 0.2) is 35.3 Å². The van der Waals surface area contributed by atoms with Crippen molar-refractivity contribution in [3.8, 4) is 0 Å². The maximum atomic E-state index is 13.1. The molecule has 2 rings (SSSR count). The Morgan fingerprint density at radius 3 is 2.45 bits per heavy atom. The molecule has 3 N–H and O–H groups in total. The maximum Gasteiger partial charge on any atom is 0.232 e. The molecule has 6 nitrogen and oxygen atoms in total. The molecular formula is C22H37IN4O2. The lowest BCUT2D eigenvalue weighted by Crippen LogP contribution is -2.44. The summed E-state index contributed by atoms with van der Waals surface area (Å²) in [4.78, 5) is 19.5. The molecule has 1 amide bonds. The van der Waals surface area contributed by atoms with Crippen LogP contribution in [0.2, 0.25) is 0 Å². The molecule has 2 atom stereocenters. The first-order valence-electron chi connectivity index (χ1n) is 10.4. The van der Waals surface area contributed by atoms with Gasteiger partial charge in [-0.2, -0.15) is 0 Å². The number of guanidine groups is 1. The summed E-state index contributed by atoms with van der Waals surface area (Å²) >= 11 is 0. The molecule has 7 heteroatoms. The quantitative estimate of drug-likeness (QED) is 0.300. The number of nitrogens with one attached hydrogen (secondary N) is 1. The number of benzene rings is 1. The summed E-state index contributed by atoms with van der Waals surface area (Å²) in [6.45, 7) is 9.39. The summed E-state index contributed by atoms with van der Waals surface area (Å²) < 4.78 is 5.37. The van der Waals surface area contributed by atoms with Crippen molar-refractivity contribution in [3.05, 3.63) is 35.9 Å². The van der Waals surface area contributed by atoms with E-state index in [0.29, 0.717) is 38.8 Å². The molecule has 0 bridgehead atoms. The number of morpholine rings is 1. The molecule has 1 aliphatic heterocycles. The SMILES string of the molecule is CC(C)CCCC(C)NC(N)=NCC(C(=O)N1CCOCC1)c1ccccc1.I. The monoisotopic (exact) mass is 516 g/mol. The largest absolute Gasteiger partial charge is 0.378 e. The maximum absolute atomic E-state index is 13.1. The van der Waals surface area contributed by atoms with E-state index in [1.54, 1.807) is 0 Å². The molecule has 164 valence electrons. The van der Waals surface area contributed by atoms with Gasteiger partial charge in [-0.25, -0.2) is 0 Å². The number of carbonyl (C=O) groups excluding carboxylic acids is 1. The first kappa shape index (κ1) is 25.7. The minimum Gasteiger partial charge on any atom is -0.378 e. The summed E-state index contributed by atoms with van der Waals surface area (Å²) in [6, 6.07) is 10.1. The van der Waals surface area contributed by atoms with Crippen LogP contribution >= 0.6 is 24.0 Å². The van der Waals surface area contributed by atoms with Crippen molar-refractivity contribution in [2.45, 2.75) is 52.0 Å². The van der Waals surface area contributed by atoms with E-state index >= 15 is 0 Å². The number of halogens is 1. The number of aliphatic imine (C=N–C) groups is 1. The van der Waals surface area contributed by atoms with Gasteiger partial charge in [0.25, 0.3) is 0 Å². The van der Waals surface area contributed by atoms with Crippen molar-refractivity contribution in [1.29, 1.82) is 0 Å². The van der Waals surface area contributed by atoms with Gasteiger partial charge in [-0.05, 0) is 24.8 Å². The van der Waals surface area contributed by atoms with Gasteiger partial charge in [-0.15, -0.1) is 24.0 Å². The van der Waals surface area contributed by atoms with Crippen molar-refractivity contribution in [3.63, 3.8) is 0 Å². The third-order valence-electron chi connectivity index (χ3n) is 5.08. The molecule has 1 fully saturated rings. The fourth-order valence-electron chi connectivity index (χ4n) is 3.41. The zero-order valence-corrected chi connectivity index (χ0v) is 20.3. The lowest BCUT2D eigenvalue weighted by Gasteiger charge is -2.30. The molecule has 2 unspecified atom stereocenters. The minimum atomic E-state index is -0.323. The second kappa shape index (κ2) is 13.8. The van der Waals surface area contributed by atoms with Crippen LogP contribution in [0.1, 0.15) is 51.5 Å². The zero-order valence-electron chi connectivity index (χ0n) is 18.0. The highest BCUT2D eigenvalue weighted by molar-refractivity contribution is 14.0. The lowest BCUT2D eigenvalue weighted by atomic mass is 9.97. The van der Waals surface area contributed by atoms with E-state index in [9.17, 15) is 4.79 Å². The zero-order chi connectivity index (χ0) is 20.4. The van der Waals surface area contributed by atoms with Gasteiger partial charge in [0.2, 0.25) is 5.91 Å². The Labute approximate surface area is 192 Å². The summed E-state index contributed by atoms with van der Waals surface area (Å²) in [5.41, 5.74) is 7.08. The van der Waals surface area contributed by atoms with E-state index in [2.05, 4.69) is 31.1 Å². The van der Waals surface area contributed by atoms with Gasteiger partial charge in [0, 0.05) is 19.1 Å². The average Bonchev–Trinajstić information content (AvgIpc) is 2.69. The Hall–Kier alpha value is -1.35. The van der Waals surface area contributed by atoms with Crippen molar-refractivity contribution in [1.82, 2.24) is 10.2 Å². The highest BCUT2D eigenvalue weighted by Crippen LogP contribution is 2.20. The van der Waals surface area contributed by atoms with Crippen molar-refractivity contribution >= 4 is 35.8 Å². The Kier molecular flexibility index (Phi) is 12.2. The Morgan fingerprint density at radius 1 is 1.17 bits per heavy atom. The number of nitrogens with two attached hydrogens (primary N) is 1.